The number of hydrogen-bond acceptors (Lipinski definition) is 5. The number of hydrogen-bond donors (Lipinski definition) is 3. The number of nitrogens with one attached hydrogen (secondary N) is 3. The number of rotatable bonds is 7. The van der Waals surface area contributed by atoms with Crippen LogP contribution in [0.15, 0.2) is 18.2 Å². The van der Waals surface area contributed by atoms with E-state index in [0.717, 1.165) is 29.5 Å². The monoisotopic (exact) mass is 523 g/mol. The lowest BCUT2D eigenvalue weighted by Crippen LogP contribution is -2.70. The summed E-state index contributed by atoms with van der Waals surface area (Å²) in [5.74, 6) is -8.52. The minimum atomic E-state index is -3.20. The van der Waals surface area contributed by atoms with Gasteiger partial charge in [0.05, 0.1) is 17.7 Å². The van der Waals surface area contributed by atoms with Crippen molar-refractivity contribution >= 4 is 23.4 Å². The molecular formula is C25H29F4N5O3. The minimum absolute atomic E-state index is 0.0160. The predicted octanol–water partition coefficient (Wildman–Crippen LogP) is 2.70. The smallest absolute Gasteiger partial charge is 0.255 e. The molecule has 12 heteroatoms. The van der Waals surface area contributed by atoms with Crippen molar-refractivity contribution in [3.8, 4) is 6.07 Å². The maximum absolute atomic E-state index is 14.9. The summed E-state index contributed by atoms with van der Waals surface area (Å²) >= 11 is 0. The van der Waals surface area contributed by atoms with Gasteiger partial charge in [0.15, 0.2) is 0 Å². The molecule has 3 amide bonds. The Bertz CT molecular complexity index is 1110. The van der Waals surface area contributed by atoms with Crippen LogP contribution in [0.2, 0.25) is 0 Å². The molecule has 2 bridgehead atoms. The molecule has 0 unspecified atom stereocenters. The van der Waals surface area contributed by atoms with Crippen molar-refractivity contribution in [3.05, 3.63) is 29.8 Å². The highest BCUT2D eigenvalue weighted by atomic mass is 19.3. The molecule has 8 nitrogen and oxygen atoms in total. The van der Waals surface area contributed by atoms with E-state index in [2.05, 4.69) is 16.0 Å². The van der Waals surface area contributed by atoms with Gasteiger partial charge in [0, 0.05) is 24.9 Å². The molecule has 3 aliphatic heterocycles. The van der Waals surface area contributed by atoms with E-state index < -0.39 is 71.8 Å². The molecule has 0 radical (unpaired) electrons. The van der Waals surface area contributed by atoms with Crippen molar-refractivity contribution in [2.75, 3.05) is 11.9 Å². The molecule has 4 fully saturated rings. The first-order valence-corrected chi connectivity index (χ1v) is 12.4. The van der Waals surface area contributed by atoms with Gasteiger partial charge in [-0.05, 0) is 57.2 Å². The fourth-order valence-corrected chi connectivity index (χ4v) is 5.70. The van der Waals surface area contributed by atoms with Gasteiger partial charge in [-0.1, -0.05) is 0 Å². The first-order chi connectivity index (χ1) is 17.5. The Kier molecular flexibility index (Phi) is 7.62. The van der Waals surface area contributed by atoms with Crippen LogP contribution in [0.3, 0.4) is 0 Å². The standard InChI is InChI=1S/C25H29F4N5O3/c1-13(32-20-10-15(26)4-7-19(20)27)24(37)34-17-5-6-18(25(28,29)11-17)21(34)23(36)33-16(12-30)9-14-3-2-8-31-22(14)35/h4,7,10,13-14,16-18,21,32H,2-3,5-6,8-9,11H2,1H3,(H,31,35)(H,33,36)/t13-,14-,16-,17-,18-,21-/m1/s1. The van der Waals surface area contributed by atoms with Crippen LogP contribution < -0.4 is 16.0 Å². The molecule has 1 aliphatic carbocycles. The third kappa shape index (κ3) is 5.50. The number of fused-ring (bicyclic) bond motifs is 3. The van der Waals surface area contributed by atoms with Crippen molar-refractivity contribution in [2.45, 2.75) is 75.5 Å². The fraction of sp³-hybridized carbons (Fsp3) is 0.600. The van der Waals surface area contributed by atoms with Gasteiger partial charge in [-0.3, -0.25) is 14.4 Å². The second-order valence-corrected chi connectivity index (χ2v) is 10.0. The Morgan fingerprint density at radius 2 is 2.03 bits per heavy atom. The topological polar surface area (TPSA) is 114 Å². The second-order valence-electron chi connectivity index (χ2n) is 10.0. The Labute approximate surface area is 211 Å². The normalized spacial score (nSPS) is 28.0. The summed E-state index contributed by atoms with van der Waals surface area (Å²) in [6.45, 7) is 1.91. The third-order valence-electron chi connectivity index (χ3n) is 7.52. The Hall–Kier alpha value is -3.36. The van der Waals surface area contributed by atoms with Gasteiger partial charge in [-0.2, -0.15) is 5.26 Å². The van der Waals surface area contributed by atoms with Gasteiger partial charge in [-0.25, -0.2) is 17.6 Å². The number of nitrogens with zero attached hydrogens (tertiary/aromatic N) is 2. The molecule has 200 valence electrons. The number of benzene rings is 1. The van der Waals surface area contributed by atoms with Gasteiger partial charge in [-0.15, -0.1) is 0 Å². The summed E-state index contributed by atoms with van der Waals surface area (Å²) in [4.78, 5) is 40.0. The molecule has 6 atom stereocenters. The Morgan fingerprint density at radius 3 is 2.70 bits per heavy atom. The van der Waals surface area contributed by atoms with E-state index in [1.54, 1.807) is 0 Å². The Balaban J connectivity index is 1.54. The van der Waals surface area contributed by atoms with Gasteiger partial charge in [0.2, 0.25) is 17.7 Å². The van der Waals surface area contributed by atoms with E-state index in [4.69, 9.17) is 0 Å². The molecule has 4 aliphatic rings. The first kappa shape index (κ1) is 26.7. The summed E-state index contributed by atoms with van der Waals surface area (Å²) in [7, 11) is 0. The number of anilines is 1. The molecule has 3 N–H and O–H groups in total. The fourth-order valence-electron chi connectivity index (χ4n) is 5.70. The average molecular weight is 524 g/mol. The Morgan fingerprint density at radius 1 is 1.27 bits per heavy atom. The summed E-state index contributed by atoms with van der Waals surface area (Å²) < 4.78 is 57.5. The van der Waals surface area contributed by atoms with Crippen LogP contribution in [0.25, 0.3) is 0 Å². The summed E-state index contributed by atoms with van der Waals surface area (Å²) in [6.07, 6.45) is 0.952. The zero-order valence-electron chi connectivity index (χ0n) is 20.3. The average Bonchev–Trinajstić information content (AvgIpc) is 2.85. The number of alkyl halides is 2. The van der Waals surface area contributed by atoms with Crippen LogP contribution in [0.4, 0.5) is 23.2 Å². The lowest BCUT2D eigenvalue weighted by Gasteiger charge is -2.54. The maximum atomic E-state index is 14.9. The zero-order chi connectivity index (χ0) is 26.9. The number of amides is 3. The molecule has 1 aromatic rings. The van der Waals surface area contributed by atoms with E-state index in [9.17, 15) is 37.2 Å². The lowest BCUT2D eigenvalue weighted by atomic mass is 9.71. The highest BCUT2D eigenvalue weighted by Crippen LogP contribution is 2.49. The van der Waals surface area contributed by atoms with Crippen molar-refractivity contribution in [1.29, 1.82) is 5.26 Å². The van der Waals surface area contributed by atoms with Crippen molar-refractivity contribution in [3.63, 3.8) is 0 Å². The van der Waals surface area contributed by atoms with E-state index in [-0.39, 0.29) is 30.9 Å². The van der Waals surface area contributed by atoms with Crippen molar-refractivity contribution in [2.24, 2.45) is 11.8 Å². The minimum Gasteiger partial charge on any atom is -0.371 e. The molecule has 3 saturated heterocycles. The van der Waals surface area contributed by atoms with Gasteiger partial charge < -0.3 is 20.9 Å². The third-order valence-corrected chi connectivity index (χ3v) is 7.52. The maximum Gasteiger partial charge on any atom is 0.255 e. The predicted molar refractivity (Wildman–Crippen MR) is 124 cm³/mol. The van der Waals surface area contributed by atoms with Gasteiger partial charge in [0.1, 0.15) is 29.8 Å². The van der Waals surface area contributed by atoms with E-state index in [0.29, 0.717) is 13.0 Å². The number of carbonyl (C=O) groups is 3. The summed E-state index contributed by atoms with van der Waals surface area (Å²) in [5.41, 5.74) is -0.273. The molecule has 37 heavy (non-hydrogen) atoms. The second kappa shape index (κ2) is 10.6. The van der Waals surface area contributed by atoms with Crippen molar-refractivity contribution in [1.82, 2.24) is 15.5 Å². The van der Waals surface area contributed by atoms with Crippen molar-refractivity contribution < 1.29 is 31.9 Å². The van der Waals surface area contributed by atoms with E-state index in [1.807, 2.05) is 6.07 Å². The van der Waals surface area contributed by atoms with E-state index >= 15 is 0 Å². The largest absolute Gasteiger partial charge is 0.371 e. The molecule has 3 heterocycles. The van der Waals surface area contributed by atoms with Gasteiger partial charge >= 0.3 is 0 Å². The summed E-state index contributed by atoms with van der Waals surface area (Å²) in [5, 5.41) is 17.4. The van der Waals surface area contributed by atoms with E-state index in [1.165, 1.54) is 6.92 Å². The quantitative estimate of drug-likeness (QED) is 0.476. The van der Waals surface area contributed by atoms with Crippen LogP contribution in [0.1, 0.15) is 45.4 Å². The molecule has 5 rings (SSSR count). The number of halogens is 4. The van der Waals surface area contributed by atoms with Crippen LogP contribution in [-0.2, 0) is 14.4 Å². The molecule has 1 aromatic carbocycles. The van der Waals surface area contributed by atoms with Crippen LogP contribution in [0, 0.1) is 34.8 Å². The molecule has 0 aromatic heterocycles. The van der Waals surface area contributed by atoms with Crippen LogP contribution in [0.5, 0.6) is 0 Å². The first-order valence-electron chi connectivity index (χ1n) is 12.4. The van der Waals surface area contributed by atoms with Gasteiger partial charge in [0.25, 0.3) is 5.92 Å². The highest BCUT2D eigenvalue weighted by molar-refractivity contribution is 5.92. The molecular weight excluding hydrogens is 494 g/mol. The highest BCUT2D eigenvalue weighted by Gasteiger charge is 2.60. The summed E-state index contributed by atoms with van der Waals surface area (Å²) in [6, 6.07) is -0.139. The molecule has 0 spiro atoms. The number of nitriles is 1. The number of piperidine rings is 3. The number of carbonyl (C=O) groups excluding carboxylic acids is 3. The zero-order valence-corrected chi connectivity index (χ0v) is 20.3. The van der Waals surface area contributed by atoms with Crippen LogP contribution in [-0.4, -0.2) is 59.3 Å². The molecule has 1 saturated carbocycles. The lowest BCUT2D eigenvalue weighted by molar-refractivity contribution is -0.194. The SMILES string of the molecule is C[C@@H](Nc1cc(F)ccc1F)C(=O)N1[C@@H]2CC[C@H]([C@@H]1C(=O)N[C@@H](C#N)C[C@H]1CCCNC1=O)C(F)(F)C2. The van der Waals surface area contributed by atoms with Crippen LogP contribution >= 0.6 is 0 Å².